The van der Waals surface area contributed by atoms with Gasteiger partial charge in [0.1, 0.15) is 5.69 Å². The van der Waals surface area contributed by atoms with Gasteiger partial charge in [0.05, 0.1) is 26.5 Å². The van der Waals surface area contributed by atoms with Crippen molar-refractivity contribution in [1.29, 1.82) is 0 Å². The number of hydrogen-bond donors (Lipinski definition) is 0. The van der Waals surface area contributed by atoms with Gasteiger partial charge in [-0.1, -0.05) is 148 Å². The molecule has 0 spiro atoms. The molecular formula is C70H106N6O4. The van der Waals surface area contributed by atoms with E-state index in [1.807, 2.05) is 30.3 Å². The summed E-state index contributed by atoms with van der Waals surface area (Å²) in [6.07, 6.45) is 31.2. The van der Waals surface area contributed by atoms with Gasteiger partial charge < -0.3 is 9.47 Å². The van der Waals surface area contributed by atoms with E-state index in [0.29, 0.717) is 99.7 Å². The number of ether oxygens (including phenoxy) is 2. The molecule has 8 saturated carbocycles. The number of esters is 2. The Kier molecular flexibility index (Phi) is 20.7. The summed E-state index contributed by atoms with van der Waals surface area (Å²) >= 11 is 0. The Balaban J connectivity index is 0.000000202. The lowest BCUT2D eigenvalue weighted by Crippen LogP contribution is -2.57. The fourth-order valence-electron chi connectivity index (χ4n) is 20.3. The van der Waals surface area contributed by atoms with E-state index >= 15 is 0 Å². The molecule has 8 unspecified atom stereocenters. The summed E-state index contributed by atoms with van der Waals surface area (Å²) < 4.78 is 12.2. The number of hydrogen-bond acceptors (Lipinski definition) is 7. The quantitative estimate of drug-likeness (QED) is 0.0617. The highest BCUT2D eigenvalue weighted by molar-refractivity contribution is 5.69. The molecule has 11 rings (SSSR count). The van der Waals surface area contributed by atoms with E-state index in [-0.39, 0.29) is 32.8 Å². The zero-order chi connectivity index (χ0) is 55.6. The van der Waals surface area contributed by atoms with Crippen LogP contribution in [-0.4, -0.2) is 47.2 Å². The molecule has 8 aliphatic rings. The van der Waals surface area contributed by atoms with Crippen LogP contribution >= 0.6 is 0 Å². The average molecular weight is 1100 g/mol. The summed E-state index contributed by atoms with van der Waals surface area (Å²) in [4.78, 5) is 27.0. The molecule has 3 aromatic rings. The van der Waals surface area contributed by atoms with E-state index in [9.17, 15) is 15.1 Å². The fraction of sp³-hybridized carbons (Fsp3) is 0.743. The normalized spacial score (nSPS) is 38.8. The molecule has 10 heteroatoms. The van der Waals surface area contributed by atoms with Crippen LogP contribution in [0.15, 0.2) is 72.0 Å². The van der Waals surface area contributed by atoms with Gasteiger partial charge in [0.2, 0.25) is 0 Å². The second kappa shape index (κ2) is 26.3. The van der Waals surface area contributed by atoms with E-state index in [4.69, 9.17) is 26.2 Å². The number of benzene rings is 2. The molecule has 0 N–H and O–H groups in total. The van der Waals surface area contributed by atoms with E-state index in [2.05, 4.69) is 113 Å². The molecule has 0 radical (unpaired) electrons. The first-order chi connectivity index (χ1) is 37.4. The van der Waals surface area contributed by atoms with Gasteiger partial charge in [0.25, 0.3) is 0 Å². The number of rotatable bonds is 11. The maximum absolute atomic E-state index is 11.9. The van der Waals surface area contributed by atoms with Crippen molar-refractivity contribution in [2.24, 2.45) is 110 Å². The number of terminal acetylenes is 1. The lowest BCUT2D eigenvalue weighted by Gasteiger charge is -2.63. The van der Waals surface area contributed by atoms with Crippen molar-refractivity contribution in [3.8, 4) is 23.6 Å². The third-order valence-electron chi connectivity index (χ3n) is 24.5. The SMILES string of the molecule is C.C.C#Cc1ccccc1.COC(=O)CC[C@@H](C)[C@H]1CCC2C3C(CC[C@@]21C)[C@@]1(C)CC[C@@H](C)CC1C[C@@H]3N=[N+]=[N-].COC(=O)CC[C@@H](C)[C@H]1CCC2C3C(CC[C@@]21C)[C@@]1(C)CC[C@@H](C)CC1C[C@@H]3n1cc(-c2ccccc2)nn1. The van der Waals surface area contributed by atoms with Crippen LogP contribution in [0.25, 0.3) is 21.7 Å². The Bertz CT molecular complexity index is 2590. The fourth-order valence-corrected chi connectivity index (χ4v) is 20.3. The van der Waals surface area contributed by atoms with Crippen LogP contribution in [0.1, 0.15) is 210 Å². The summed E-state index contributed by atoms with van der Waals surface area (Å²) in [5, 5.41) is 14.0. The molecule has 440 valence electrons. The minimum atomic E-state index is -0.0866. The molecule has 1 aromatic heterocycles. The van der Waals surface area contributed by atoms with E-state index in [1.54, 1.807) is 0 Å². The number of aromatic nitrogens is 3. The third kappa shape index (κ3) is 12.2. The predicted octanol–water partition coefficient (Wildman–Crippen LogP) is 18.1. The summed E-state index contributed by atoms with van der Waals surface area (Å²) in [6.45, 7) is 20.0. The lowest BCUT2D eigenvalue weighted by atomic mass is 9.43. The number of fused-ring (bicyclic) bond motifs is 10. The average Bonchev–Trinajstić information content (AvgIpc) is 3.90. The Morgan fingerprint density at radius 2 is 1.14 bits per heavy atom. The highest BCUT2D eigenvalue weighted by atomic mass is 16.5. The summed E-state index contributed by atoms with van der Waals surface area (Å²) in [5.74, 6) is 12.0. The molecule has 1 heterocycles. The Hall–Kier alpha value is -4.61. The van der Waals surface area contributed by atoms with Crippen molar-refractivity contribution >= 4 is 11.9 Å². The van der Waals surface area contributed by atoms with Crippen LogP contribution in [0.4, 0.5) is 0 Å². The molecule has 10 nitrogen and oxygen atoms in total. The molecule has 2 aromatic carbocycles. The number of carbonyl (C=O) groups is 2. The minimum absolute atomic E-state index is 0. The summed E-state index contributed by atoms with van der Waals surface area (Å²) in [5.41, 5.74) is 14.0. The molecule has 0 aliphatic heterocycles. The van der Waals surface area contributed by atoms with E-state index in [0.717, 1.165) is 59.8 Å². The van der Waals surface area contributed by atoms with Crippen molar-refractivity contribution in [3.63, 3.8) is 0 Å². The summed E-state index contributed by atoms with van der Waals surface area (Å²) in [6, 6.07) is 20.7. The number of carbonyl (C=O) groups excluding carboxylic acids is 2. The van der Waals surface area contributed by atoms with Crippen molar-refractivity contribution in [2.75, 3.05) is 14.2 Å². The lowest BCUT2D eigenvalue weighted by molar-refractivity contribution is -0.145. The van der Waals surface area contributed by atoms with Crippen molar-refractivity contribution < 1.29 is 19.1 Å². The highest BCUT2D eigenvalue weighted by Crippen LogP contribution is 2.72. The number of methoxy groups -OCH3 is 2. The molecule has 80 heavy (non-hydrogen) atoms. The second-order valence-corrected chi connectivity index (χ2v) is 28.2. The molecule has 0 saturated heterocycles. The maximum atomic E-state index is 11.9. The topological polar surface area (TPSA) is 132 Å². The second-order valence-electron chi connectivity index (χ2n) is 28.2. The Morgan fingerprint density at radius 1 is 0.675 bits per heavy atom. The largest absolute Gasteiger partial charge is 0.469 e. The van der Waals surface area contributed by atoms with Crippen molar-refractivity contribution in [3.05, 3.63) is 82.9 Å². The van der Waals surface area contributed by atoms with Crippen molar-refractivity contribution in [2.45, 2.75) is 211 Å². The van der Waals surface area contributed by atoms with Gasteiger partial charge >= 0.3 is 11.9 Å². The zero-order valence-electron chi connectivity index (χ0n) is 49.6. The van der Waals surface area contributed by atoms with Gasteiger partial charge in [-0.15, -0.1) is 11.5 Å². The van der Waals surface area contributed by atoms with Crippen LogP contribution in [0.2, 0.25) is 0 Å². The number of nitrogens with zero attached hydrogens (tertiary/aromatic N) is 6. The molecule has 0 bridgehead atoms. The van der Waals surface area contributed by atoms with Crippen LogP contribution in [0.3, 0.4) is 0 Å². The Morgan fingerprint density at radius 3 is 1.62 bits per heavy atom. The van der Waals surface area contributed by atoms with E-state index < -0.39 is 0 Å². The zero-order valence-corrected chi connectivity index (χ0v) is 49.6. The predicted molar refractivity (Wildman–Crippen MR) is 326 cm³/mol. The first-order valence-electron chi connectivity index (χ1n) is 31.1. The van der Waals surface area contributed by atoms with Gasteiger partial charge in [-0.2, -0.15) is 0 Å². The summed E-state index contributed by atoms with van der Waals surface area (Å²) in [7, 11) is 3.00. The minimum Gasteiger partial charge on any atom is -0.469 e. The molecule has 20 atom stereocenters. The van der Waals surface area contributed by atoms with Crippen LogP contribution in [-0.2, 0) is 19.1 Å². The molecular weight excluding hydrogens is 989 g/mol. The first kappa shape index (κ1) is 63.0. The molecule has 8 aliphatic carbocycles. The molecule has 0 amide bonds. The van der Waals surface area contributed by atoms with Crippen LogP contribution in [0, 0.1) is 117 Å². The molecule has 8 fully saturated rings. The standard InChI is InChI=1S/C34H49N3O2.C26H43N3O2.C8H6.2CH4/c1-22-15-17-33(3)25(19-22)20-30(37-21-29(35-36-37)24-9-7-6-8-10-24)32-27-13-12-26(23(2)11-14-31(38)39-5)34(27,4)18-16-28(32)33;1-16-10-12-25(3)18(14-16)15-22(28-29-27)24-20-8-7-19(17(2)6-9-23(30)31-5)26(20,4)13-11-21(24)25;1-2-8-6-4-3-5-7-8;;/h6-10,21-23,25-28,30,32H,11-20H2,1-5H3;16-22,24H,6-15H2,1-5H3;1,3-7H;2*1H4/t22-,23-,25?,26-,27?,28?,30+,32?,33+,34-;16-,17-,18?,19-,20?,21?,22+,24?,25+,26-;;;/m11.../s1. The van der Waals surface area contributed by atoms with Gasteiger partial charge in [-0.05, 0) is 225 Å². The smallest absolute Gasteiger partial charge is 0.305 e. The highest BCUT2D eigenvalue weighted by Gasteiger charge is 2.65. The van der Waals surface area contributed by atoms with E-state index in [1.165, 1.54) is 111 Å². The van der Waals surface area contributed by atoms with Crippen LogP contribution in [0.5, 0.6) is 0 Å². The third-order valence-corrected chi connectivity index (χ3v) is 24.5. The van der Waals surface area contributed by atoms with Gasteiger partial charge in [-0.3, -0.25) is 9.59 Å². The number of azide groups is 1. The van der Waals surface area contributed by atoms with Crippen LogP contribution < -0.4 is 0 Å². The Labute approximate surface area is 484 Å². The van der Waals surface area contributed by atoms with Gasteiger partial charge in [-0.25, -0.2) is 4.68 Å². The van der Waals surface area contributed by atoms with Gasteiger partial charge in [0, 0.05) is 34.9 Å². The van der Waals surface area contributed by atoms with Crippen molar-refractivity contribution in [1.82, 2.24) is 15.0 Å². The first-order valence-corrected chi connectivity index (χ1v) is 31.1. The van der Waals surface area contributed by atoms with Gasteiger partial charge in [0.15, 0.2) is 0 Å². The monoisotopic (exact) mass is 1090 g/mol. The maximum Gasteiger partial charge on any atom is 0.305 e.